The van der Waals surface area contributed by atoms with Gasteiger partial charge in [0.25, 0.3) is 0 Å². The van der Waals surface area contributed by atoms with Crippen molar-refractivity contribution in [1.82, 2.24) is 10.3 Å². The van der Waals surface area contributed by atoms with Crippen molar-refractivity contribution in [2.45, 2.75) is 13.8 Å². The van der Waals surface area contributed by atoms with Crippen LogP contribution >= 0.6 is 11.3 Å². The number of rotatable bonds is 1. The minimum Gasteiger partial charge on any atom is -0.369 e. The number of aromatic nitrogens is 1. The number of hydrogen-bond acceptors (Lipinski definition) is 5. The lowest BCUT2D eigenvalue weighted by molar-refractivity contribution is 0.589. The van der Waals surface area contributed by atoms with Gasteiger partial charge in [-0.05, 0) is 43.2 Å². The summed E-state index contributed by atoms with van der Waals surface area (Å²) in [4.78, 5) is 20.0. The van der Waals surface area contributed by atoms with Gasteiger partial charge in [0, 0.05) is 37.9 Å². The second-order valence-corrected chi connectivity index (χ2v) is 7.23. The van der Waals surface area contributed by atoms with E-state index in [-0.39, 0.29) is 5.43 Å². The van der Waals surface area contributed by atoms with Crippen LogP contribution in [0.3, 0.4) is 0 Å². The minimum absolute atomic E-state index is 0.0578. The van der Waals surface area contributed by atoms with E-state index in [1.165, 1.54) is 11.3 Å². The monoisotopic (exact) mass is 325 g/mol. The summed E-state index contributed by atoms with van der Waals surface area (Å²) in [5, 5.41) is 3.39. The van der Waals surface area contributed by atoms with Crippen LogP contribution in [0.25, 0.3) is 20.8 Å². The molecule has 4 nitrogen and oxygen atoms in total. The van der Waals surface area contributed by atoms with E-state index in [9.17, 15) is 4.79 Å². The Kier molecular flexibility index (Phi) is 3.54. The number of nitrogens with one attached hydrogen (secondary N) is 1. The molecule has 0 aromatic heterocycles. The highest BCUT2D eigenvalue weighted by Gasteiger charge is 2.16. The molecule has 1 N–H and O–H groups in total. The van der Waals surface area contributed by atoms with Crippen LogP contribution in [-0.4, -0.2) is 31.2 Å². The second-order valence-electron chi connectivity index (χ2n) is 6.15. The first-order chi connectivity index (χ1) is 11.1. The maximum atomic E-state index is 11.8. The molecule has 1 fully saturated rings. The molecule has 0 radical (unpaired) electrons. The predicted octanol–water partition coefficient (Wildman–Crippen LogP) is 2.79. The molecule has 2 heterocycles. The van der Waals surface area contributed by atoms with E-state index < -0.39 is 0 Å². The molecule has 1 saturated heterocycles. The molecule has 0 atom stereocenters. The summed E-state index contributed by atoms with van der Waals surface area (Å²) in [6, 6.07) is 7.82. The van der Waals surface area contributed by atoms with Crippen molar-refractivity contribution in [3.05, 3.63) is 45.6 Å². The maximum Gasteiger partial charge on any atom is 0.180 e. The molecule has 5 heteroatoms. The second kappa shape index (κ2) is 5.58. The average molecular weight is 325 g/mol. The average Bonchev–Trinajstić information content (AvgIpc) is 2.54. The lowest BCUT2D eigenvalue weighted by atomic mass is 10.1. The third-order valence-electron chi connectivity index (χ3n) is 4.41. The van der Waals surface area contributed by atoms with Crippen molar-refractivity contribution < 1.29 is 0 Å². The zero-order chi connectivity index (χ0) is 16.0. The molecule has 1 aromatic carbocycles. The van der Waals surface area contributed by atoms with E-state index in [1.807, 2.05) is 6.92 Å². The number of benzene rings is 2. The number of fused-ring (bicyclic) bond motifs is 2. The van der Waals surface area contributed by atoms with Gasteiger partial charge in [-0.3, -0.25) is 4.79 Å². The topological polar surface area (TPSA) is 45.2 Å². The van der Waals surface area contributed by atoms with Gasteiger partial charge in [0.15, 0.2) is 5.43 Å². The molecular formula is C18H19N3OS. The first-order valence-electron chi connectivity index (χ1n) is 7.93. The third-order valence-corrected chi connectivity index (χ3v) is 5.48. The zero-order valence-corrected chi connectivity index (χ0v) is 14.2. The Labute approximate surface area is 139 Å². The molecular weight excluding hydrogens is 306 g/mol. The molecule has 118 valence electrons. The van der Waals surface area contributed by atoms with Crippen LogP contribution in [0, 0.1) is 13.8 Å². The van der Waals surface area contributed by atoms with Gasteiger partial charge in [-0.25, -0.2) is 4.98 Å². The molecule has 0 amide bonds. The molecule has 0 saturated carbocycles. The molecule has 2 aliphatic heterocycles. The fourth-order valence-corrected chi connectivity index (χ4v) is 4.42. The van der Waals surface area contributed by atoms with E-state index in [1.54, 1.807) is 23.5 Å². The summed E-state index contributed by atoms with van der Waals surface area (Å²) in [6.45, 7) is 8.18. The van der Waals surface area contributed by atoms with Crippen LogP contribution < -0.4 is 15.6 Å². The normalized spacial score (nSPS) is 15.5. The van der Waals surface area contributed by atoms with E-state index in [0.29, 0.717) is 0 Å². The Morgan fingerprint density at radius 3 is 2.65 bits per heavy atom. The highest BCUT2D eigenvalue weighted by molar-refractivity contribution is 7.21. The van der Waals surface area contributed by atoms with Gasteiger partial charge in [-0.1, -0.05) is 0 Å². The molecule has 0 unspecified atom stereocenters. The molecule has 1 aromatic rings. The summed E-state index contributed by atoms with van der Waals surface area (Å²) >= 11 is 1.67. The number of hydrogen-bond donors (Lipinski definition) is 1. The van der Waals surface area contributed by atoms with Gasteiger partial charge in [0.05, 0.1) is 20.8 Å². The van der Waals surface area contributed by atoms with E-state index >= 15 is 0 Å². The van der Waals surface area contributed by atoms with Gasteiger partial charge in [0.1, 0.15) is 0 Å². The molecule has 23 heavy (non-hydrogen) atoms. The lowest BCUT2D eigenvalue weighted by Crippen LogP contribution is -2.43. The van der Waals surface area contributed by atoms with Crippen molar-refractivity contribution in [1.29, 1.82) is 0 Å². The fourth-order valence-electron chi connectivity index (χ4n) is 3.22. The summed E-state index contributed by atoms with van der Waals surface area (Å²) in [5.74, 6) is 0. The van der Waals surface area contributed by atoms with Gasteiger partial charge < -0.3 is 10.2 Å². The lowest BCUT2D eigenvalue weighted by Gasteiger charge is -2.30. The fraction of sp³-hybridized carbons (Fsp3) is 0.333. The predicted molar refractivity (Wildman–Crippen MR) is 97.1 cm³/mol. The standard InChI is InChI=1S/C18H19N3OS/c1-11-7-13(21-5-3-19-4-6-21)9-15-17(11)20-18-12(2)8-14(22)10-16(18)23-15/h7-10,19H,3-6H2,1-2H3. The Bertz CT molecular complexity index is 912. The summed E-state index contributed by atoms with van der Waals surface area (Å²) in [7, 11) is 0. The molecule has 4 rings (SSSR count). The first kappa shape index (κ1) is 14.6. The number of piperazine rings is 1. The summed E-state index contributed by atoms with van der Waals surface area (Å²) in [6.07, 6.45) is 0. The third kappa shape index (κ3) is 2.60. The van der Waals surface area contributed by atoms with E-state index in [0.717, 1.165) is 52.5 Å². The van der Waals surface area contributed by atoms with Crippen LogP contribution in [0.5, 0.6) is 0 Å². The Hall–Kier alpha value is -1.98. The van der Waals surface area contributed by atoms with Crippen molar-refractivity contribution in [3.8, 4) is 10.6 Å². The van der Waals surface area contributed by atoms with Crippen LogP contribution in [-0.2, 0) is 0 Å². The van der Waals surface area contributed by atoms with Crippen LogP contribution in [0.15, 0.2) is 29.1 Å². The highest BCUT2D eigenvalue weighted by atomic mass is 32.1. The smallest absolute Gasteiger partial charge is 0.180 e. The van der Waals surface area contributed by atoms with Gasteiger partial charge in [0.2, 0.25) is 0 Å². The van der Waals surface area contributed by atoms with Crippen molar-refractivity contribution >= 4 is 27.2 Å². The van der Waals surface area contributed by atoms with E-state index in [2.05, 4.69) is 29.3 Å². The number of aryl methyl sites for hydroxylation is 2. The molecule has 1 aliphatic carbocycles. The zero-order valence-electron chi connectivity index (χ0n) is 13.3. The Morgan fingerprint density at radius 1 is 1.09 bits per heavy atom. The number of anilines is 1. The van der Waals surface area contributed by atoms with Crippen LogP contribution in [0.4, 0.5) is 5.69 Å². The molecule has 0 spiro atoms. The van der Waals surface area contributed by atoms with Gasteiger partial charge in [-0.2, -0.15) is 0 Å². The number of nitrogens with zero attached hydrogens (tertiary/aromatic N) is 2. The van der Waals surface area contributed by atoms with Gasteiger partial charge >= 0.3 is 0 Å². The highest BCUT2D eigenvalue weighted by Crippen LogP contribution is 2.35. The van der Waals surface area contributed by atoms with Crippen molar-refractivity contribution in [2.75, 3.05) is 31.1 Å². The van der Waals surface area contributed by atoms with E-state index in [4.69, 9.17) is 4.98 Å². The molecule has 0 bridgehead atoms. The van der Waals surface area contributed by atoms with Crippen LogP contribution in [0.1, 0.15) is 11.1 Å². The maximum absolute atomic E-state index is 11.8. The van der Waals surface area contributed by atoms with Gasteiger partial charge in [-0.15, -0.1) is 11.3 Å². The largest absolute Gasteiger partial charge is 0.369 e. The Balaban J connectivity index is 1.93. The summed E-state index contributed by atoms with van der Waals surface area (Å²) < 4.78 is 1.15. The quantitative estimate of drug-likeness (QED) is 0.699. The SMILES string of the molecule is Cc1cc(=O)cc2sc3cc(N4CCNCC4)cc(C)c3nc1-2. The molecule has 3 aliphatic rings. The first-order valence-corrected chi connectivity index (χ1v) is 8.75. The van der Waals surface area contributed by atoms with Crippen LogP contribution in [0.2, 0.25) is 0 Å². The van der Waals surface area contributed by atoms with Crippen molar-refractivity contribution in [3.63, 3.8) is 0 Å². The van der Waals surface area contributed by atoms with Crippen molar-refractivity contribution in [2.24, 2.45) is 0 Å². The summed E-state index contributed by atoms with van der Waals surface area (Å²) in [5.41, 5.74) is 5.45. The Morgan fingerprint density at radius 2 is 1.87 bits per heavy atom. The minimum atomic E-state index is 0.0578.